The minimum Gasteiger partial charge on any atom is -0.493 e. The number of halogens is 1. The third-order valence-corrected chi connectivity index (χ3v) is 5.58. The summed E-state index contributed by atoms with van der Waals surface area (Å²) < 4.78 is 16.8. The summed E-state index contributed by atoms with van der Waals surface area (Å²) in [7, 11) is 1.49. The number of methoxy groups -OCH3 is 1. The third-order valence-electron chi connectivity index (χ3n) is 5.33. The highest BCUT2D eigenvalue weighted by Crippen LogP contribution is 2.33. The van der Waals surface area contributed by atoms with Crippen molar-refractivity contribution in [2.75, 3.05) is 13.7 Å². The monoisotopic (exact) mass is 498 g/mol. The van der Waals surface area contributed by atoms with Crippen LogP contribution in [-0.2, 0) is 11.3 Å². The first-order valence-corrected chi connectivity index (χ1v) is 11.7. The highest BCUT2D eigenvalue weighted by atomic mass is 35.5. The molecule has 1 aliphatic rings. The van der Waals surface area contributed by atoms with Crippen molar-refractivity contribution in [3.05, 3.63) is 58.9 Å². The van der Waals surface area contributed by atoms with Gasteiger partial charge in [0.1, 0.15) is 0 Å². The van der Waals surface area contributed by atoms with Crippen LogP contribution in [0.15, 0.2) is 46.9 Å². The molecule has 9 nitrogen and oxygen atoms in total. The fourth-order valence-corrected chi connectivity index (χ4v) is 3.64. The number of nitrogens with zero attached hydrogens (tertiary/aromatic N) is 3. The number of amides is 2. The number of hydrogen-bond donors (Lipinski definition) is 1. The average molecular weight is 499 g/mol. The van der Waals surface area contributed by atoms with Crippen molar-refractivity contribution in [2.45, 2.75) is 45.3 Å². The summed E-state index contributed by atoms with van der Waals surface area (Å²) in [6, 6.07) is 12.1. The predicted molar refractivity (Wildman–Crippen MR) is 129 cm³/mol. The molecular formula is C25H27ClN4O5. The Kier molecular flexibility index (Phi) is 7.55. The van der Waals surface area contributed by atoms with E-state index in [0.717, 1.165) is 18.4 Å². The van der Waals surface area contributed by atoms with Crippen LogP contribution in [-0.4, -0.2) is 52.7 Å². The third kappa shape index (κ3) is 6.30. The molecule has 0 radical (unpaired) electrons. The van der Waals surface area contributed by atoms with Gasteiger partial charge < -0.3 is 24.1 Å². The van der Waals surface area contributed by atoms with Crippen LogP contribution in [0.25, 0.3) is 11.5 Å². The van der Waals surface area contributed by atoms with E-state index in [1.54, 1.807) is 47.4 Å². The number of benzene rings is 2. The molecule has 2 aromatic carbocycles. The van der Waals surface area contributed by atoms with Gasteiger partial charge in [-0.1, -0.05) is 11.6 Å². The molecule has 1 N–H and O–H groups in total. The number of rotatable bonds is 10. The van der Waals surface area contributed by atoms with E-state index in [-0.39, 0.29) is 37.0 Å². The molecule has 10 heteroatoms. The Morgan fingerprint density at radius 1 is 1.14 bits per heavy atom. The lowest BCUT2D eigenvalue weighted by molar-refractivity contribution is -0.123. The number of carbonyl (C=O) groups is 2. The van der Waals surface area contributed by atoms with Crippen molar-refractivity contribution >= 4 is 23.4 Å². The van der Waals surface area contributed by atoms with Gasteiger partial charge in [-0.2, -0.15) is 0 Å². The molecular weight excluding hydrogens is 472 g/mol. The quantitative estimate of drug-likeness (QED) is 0.448. The summed E-state index contributed by atoms with van der Waals surface area (Å²) in [6.45, 7) is 3.79. The van der Waals surface area contributed by atoms with E-state index in [0.29, 0.717) is 33.9 Å². The number of nitrogens with one attached hydrogen (secondary N) is 1. The Morgan fingerprint density at radius 3 is 2.54 bits per heavy atom. The summed E-state index contributed by atoms with van der Waals surface area (Å²) in [4.78, 5) is 27.0. The van der Waals surface area contributed by atoms with Gasteiger partial charge in [0.2, 0.25) is 11.8 Å². The second-order valence-electron chi connectivity index (χ2n) is 8.55. The standard InChI is InChI=1S/C25H27ClN4O5/c1-15(2)27-22(31)14-34-20-11-6-17(12-21(20)33-3)25(32)30(19-9-10-19)13-23-28-29-24(35-23)16-4-7-18(26)8-5-16/h4-8,11-12,15,19H,9-10,13-14H2,1-3H3,(H,27,31). The van der Waals surface area contributed by atoms with Crippen molar-refractivity contribution in [1.29, 1.82) is 0 Å². The number of hydrogen-bond acceptors (Lipinski definition) is 7. The molecule has 0 atom stereocenters. The van der Waals surface area contributed by atoms with Crippen LogP contribution in [0.2, 0.25) is 5.02 Å². The Hall–Kier alpha value is -3.59. The zero-order chi connectivity index (χ0) is 24.9. The van der Waals surface area contributed by atoms with E-state index in [4.69, 9.17) is 25.5 Å². The number of carbonyl (C=O) groups excluding carboxylic acids is 2. The average Bonchev–Trinajstić information content (AvgIpc) is 3.58. The van der Waals surface area contributed by atoms with Gasteiger partial charge in [-0.25, -0.2) is 0 Å². The Labute approximate surface area is 208 Å². The van der Waals surface area contributed by atoms with Crippen LogP contribution in [0.3, 0.4) is 0 Å². The summed E-state index contributed by atoms with van der Waals surface area (Å²) in [5.41, 5.74) is 1.19. The first-order valence-electron chi connectivity index (χ1n) is 11.3. The number of aromatic nitrogens is 2. The number of ether oxygens (including phenoxy) is 2. The van der Waals surface area contributed by atoms with Gasteiger partial charge in [0.15, 0.2) is 18.1 Å². The van der Waals surface area contributed by atoms with Crippen molar-refractivity contribution < 1.29 is 23.5 Å². The topological polar surface area (TPSA) is 107 Å². The van der Waals surface area contributed by atoms with Crippen LogP contribution in [0.4, 0.5) is 0 Å². The maximum Gasteiger partial charge on any atom is 0.258 e. The van der Waals surface area contributed by atoms with E-state index >= 15 is 0 Å². The smallest absolute Gasteiger partial charge is 0.258 e. The van der Waals surface area contributed by atoms with E-state index in [9.17, 15) is 9.59 Å². The molecule has 1 aliphatic carbocycles. The summed E-state index contributed by atoms with van der Waals surface area (Å²) in [5.74, 6) is 1.04. The predicted octanol–water partition coefficient (Wildman–Crippen LogP) is 4.11. The zero-order valence-corrected chi connectivity index (χ0v) is 20.5. The molecule has 0 unspecified atom stereocenters. The van der Waals surface area contributed by atoms with Crippen LogP contribution < -0.4 is 14.8 Å². The molecule has 0 spiro atoms. The lowest BCUT2D eigenvalue weighted by atomic mass is 10.1. The second kappa shape index (κ2) is 10.8. The Bertz CT molecular complexity index is 1190. The highest BCUT2D eigenvalue weighted by molar-refractivity contribution is 6.30. The van der Waals surface area contributed by atoms with Crippen LogP contribution >= 0.6 is 11.6 Å². The maximum absolute atomic E-state index is 13.4. The summed E-state index contributed by atoms with van der Waals surface area (Å²) in [5, 5.41) is 11.6. The molecule has 2 amide bonds. The van der Waals surface area contributed by atoms with Gasteiger partial charge in [0.05, 0.1) is 13.7 Å². The summed E-state index contributed by atoms with van der Waals surface area (Å²) >= 11 is 5.94. The minimum absolute atomic E-state index is 0.0162. The fourth-order valence-electron chi connectivity index (χ4n) is 3.52. The van der Waals surface area contributed by atoms with Gasteiger partial charge in [0.25, 0.3) is 11.8 Å². The molecule has 0 saturated heterocycles. The molecule has 1 saturated carbocycles. The SMILES string of the molecule is COc1cc(C(=O)N(Cc2nnc(-c3ccc(Cl)cc3)o2)C2CC2)ccc1OCC(=O)NC(C)C. The van der Waals surface area contributed by atoms with Gasteiger partial charge in [0, 0.05) is 28.2 Å². The maximum atomic E-state index is 13.4. The normalized spacial score (nSPS) is 12.9. The Morgan fingerprint density at radius 2 is 1.89 bits per heavy atom. The van der Waals surface area contributed by atoms with Gasteiger partial charge in [-0.15, -0.1) is 10.2 Å². The van der Waals surface area contributed by atoms with Crippen molar-refractivity contribution in [3.8, 4) is 23.0 Å². The molecule has 1 fully saturated rings. The molecule has 1 heterocycles. The molecule has 1 aromatic heterocycles. The van der Waals surface area contributed by atoms with E-state index in [1.807, 2.05) is 13.8 Å². The van der Waals surface area contributed by atoms with Crippen LogP contribution in [0.5, 0.6) is 11.5 Å². The molecule has 4 rings (SSSR count). The second-order valence-corrected chi connectivity index (χ2v) is 8.99. The zero-order valence-electron chi connectivity index (χ0n) is 19.8. The molecule has 3 aromatic rings. The fraction of sp³-hybridized carbons (Fsp3) is 0.360. The van der Waals surface area contributed by atoms with Gasteiger partial charge in [-0.05, 0) is 69.2 Å². The van der Waals surface area contributed by atoms with E-state index in [1.165, 1.54) is 7.11 Å². The van der Waals surface area contributed by atoms with Gasteiger partial charge >= 0.3 is 0 Å². The van der Waals surface area contributed by atoms with Crippen LogP contribution in [0, 0.1) is 0 Å². The first kappa shape index (κ1) is 24.5. The van der Waals surface area contributed by atoms with Crippen molar-refractivity contribution in [3.63, 3.8) is 0 Å². The molecule has 184 valence electrons. The van der Waals surface area contributed by atoms with Crippen LogP contribution in [0.1, 0.15) is 42.9 Å². The van der Waals surface area contributed by atoms with E-state index in [2.05, 4.69) is 15.5 Å². The summed E-state index contributed by atoms with van der Waals surface area (Å²) in [6.07, 6.45) is 1.82. The molecule has 0 bridgehead atoms. The van der Waals surface area contributed by atoms with Crippen molar-refractivity contribution in [1.82, 2.24) is 20.4 Å². The highest BCUT2D eigenvalue weighted by Gasteiger charge is 2.34. The largest absolute Gasteiger partial charge is 0.493 e. The molecule has 35 heavy (non-hydrogen) atoms. The first-order chi connectivity index (χ1) is 16.8. The van der Waals surface area contributed by atoms with Gasteiger partial charge in [-0.3, -0.25) is 9.59 Å². The van der Waals surface area contributed by atoms with Crippen molar-refractivity contribution in [2.24, 2.45) is 0 Å². The van der Waals surface area contributed by atoms with E-state index < -0.39 is 0 Å². The lowest BCUT2D eigenvalue weighted by Gasteiger charge is -2.21. The lowest BCUT2D eigenvalue weighted by Crippen LogP contribution is -2.34. The minimum atomic E-state index is -0.236. The molecule has 0 aliphatic heterocycles. The Balaban J connectivity index is 1.46.